The predicted octanol–water partition coefficient (Wildman–Crippen LogP) is 3.69. The second kappa shape index (κ2) is 6.40. The van der Waals surface area contributed by atoms with Crippen LogP contribution in [-0.4, -0.2) is 15.0 Å². The van der Waals surface area contributed by atoms with Crippen LogP contribution in [0, 0.1) is 11.3 Å². The van der Waals surface area contributed by atoms with Crippen LogP contribution in [0.5, 0.6) is 0 Å². The van der Waals surface area contributed by atoms with Gasteiger partial charge in [-0.2, -0.15) is 5.26 Å². The summed E-state index contributed by atoms with van der Waals surface area (Å²) >= 11 is 0. The fourth-order valence-electron chi connectivity index (χ4n) is 2.73. The molecule has 0 atom stereocenters. The van der Waals surface area contributed by atoms with Gasteiger partial charge in [0.2, 0.25) is 0 Å². The van der Waals surface area contributed by atoms with E-state index in [0.717, 1.165) is 25.0 Å². The molecule has 2 aromatic carbocycles. The zero-order valence-corrected chi connectivity index (χ0v) is 12.7. The largest absolute Gasteiger partial charge is 0.244 e. The van der Waals surface area contributed by atoms with E-state index in [1.54, 1.807) is 0 Å². The molecule has 1 aromatic heterocycles. The Balaban J connectivity index is 1.99. The molecule has 0 aliphatic heterocycles. The van der Waals surface area contributed by atoms with E-state index >= 15 is 0 Å². The Bertz CT molecular complexity index is 821. The molecule has 0 saturated carbocycles. The normalized spacial score (nSPS) is 10.7. The van der Waals surface area contributed by atoms with Crippen molar-refractivity contribution in [2.75, 3.05) is 0 Å². The molecule has 3 aromatic rings. The van der Waals surface area contributed by atoms with Crippen LogP contribution >= 0.6 is 0 Å². The summed E-state index contributed by atoms with van der Waals surface area (Å²) in [6.45, 7) is 2.79. The minimum atomic E-state index is 0.452. The zero-order chi connectivity index (χ0) is 15.4. The summed E-state index contributed by atoms with van der Waals surface area (Å²) in [5, 5.41) is 19.8. The van der Waals surface area contributed by atoms with Crippen LogP contribution in [0.2, 0.25) is 0 Å². The first-order valence-corrected chi connectivity index (χ1v) is 7.62. The van der Waals surface area contributed by atoms with Crippen molar-refractivity contribution in [2.24, 2.45) is 0 Å². The second-order valence-corrected chi connectivity index (χ2v) is 5.40. The molecule has 0 unspecified atom stereocenters. The Morgan fingerprint density at radius 2 is 1.95 bits per heavy atom. The molecule has 0 radical (unpaired) electrons. The minimum absolute atomic E-state index is 0.452. The summed E-state index contributed by atoms with van der Waals surface area (Å²) in [4.78, 5) is 0. The standard InChI is InChI=1S/C18H18N4/c1-2-3-11-18-17(12-19)20-21-22(18)13-15-9-6-8-14-7-4-5-10-16(14)15/h4-10H,2-3,11,13H2,1H3. The smallest absolute Gasteiger partial charge is 0.185 e. The Kier molecular flexibility index (Phi) is 4.15. The van der Waals surface area contributed by atoms with Crippen molar-refractivity contribution in [3.05, 3.63) is 59.4 Å². The summed E-state index contributed by atoms with van der Waals surface area (Å²) in [5.41, 5.74) is 2.59. The number of aromatic nitrogens is 3. The maximum Gasteiger partial charge on any atom is 0.185 e. The van der Waals surface area contributed by atoms with Crippen molar-refractivity contribution in [3.63, 3.8) is 0 Å². The van der Waals surface area contributed by atoms with Crippen LogP contribution in [0.4, 0.5) is 0 Å². The average molecular weight is 290 g/mol. The fraction of sp³-hybridized carbons (Fsp3) is 0.278. The average Bonchev–Trinajstić information content (AvgIpc) is 2.95. The molecular formula is C18H18N4. The topological polar surface area (TPSA) is 54.5 Å². The summed E-state index contributed by atoms with van der Waals surface area (Å²) < 4.78 is 1.87. The van der Waals surface area contributed by atoms with Gasteiger partial charge in [0.15, 0.2) is 5.69 Å². The molecule has 0 bridgehead atoms. The highest BCUT2D eigenvalue weighted by molar-refractivity contribution is 5.85. The van der Waals surface area contributed by atoms with Gasteiger partial charge in [-0.1, -0.05) is 61.0 Å². The van der Waals surface area contributed by atoms with Crippen molar-refractivity contribution >= 4 is 10.8 Å². The van der Waals surface area contributed by atoms with Gasteiger partial charge in [-0.25, -0.2) is 4.68 Å². The lowest BCUT2D eigenvalue weighted by Crippen LogP contribution is -2.07. The van der Waals surface area contributed by atoms with Gasteiger partial charge >= 0.3 is 0 Å². The van der Waals surface area contributed by atoms with Crippen molar-refractivity contribution in [1.82, 2.24) is 15.0 Å². The lowest BCUT2D eigenvalue weighted by molar-refractivity contribution is 0.608. The van der Waals surface area contributed by atoms with Gasteiger partial charge in [-0.3, -0.25) is 0 Å². The first kappa shape index (κ1) is 14.3. The van der Waals surface area contributed by atoms with Crippen molar-refractivity contribution in [2.45, 2.75) is 32.7 Å². The molecule has 4 heteroatoms. The molecule has 1 heterocycles. The molecule has 22 heavy (non-hydrogen) atoms. The number of hydrogen-bond acceptors (Lipinski definition) is 3. The quantitative estimate of drug-likeness (QED) is 0.720. The number of nitrogens with zero attached hydrogens (tertiary/aromatic N) is 4. The van der Waals surface area contributed by atoms with Gasteiger partial charge in [-0.15, -0.1) is 5.10 Å². The van der Waals surface area contributed by atoms with E-state index in [4.69, 9.17) is 0 Å². The van der Waals surface area contributed by atoms with Crippen molar-refractivity contribution in [1.29, 1.82) is 5.26 Å². The van der Waals surface area contributed by atoms with Crippen molar-refractivity contribution < 1.29 is 0 Å². The SMILES string of the molecule is CCCCc1c(C#N)nnn1Cc1cccc2ccccc12. The number of fused-ring (bicyclic) bond motifs is 1. The van der Waals surface area contributed by atoms with E-state index in [0.29, 0.717) is 12.2 Å². The first-order valence-electron chi connectivity index (χ1n) is 7.62. The maximum absolute atomic E-state index is 9.20. The van der Waals surface area contributed by atoms with E-state index in [1.165, 1.54) is 16.3 Å². The zero-order valence-electron chi connectivity index (χ0n) is 12.7. The molecule has 0 spiro atoms. The molecule has 4 nitrogen and oxygen atoms in total. The van der Waals surface area contributed by atoms with Crippen molar-refractivity contribution in [3.8, 4) is 6.07 Å². The predicted molar refractivity (Wildman–Crippen MR) is 86.4 cm³/mol. The Morgan fingerprint density at radius 1 is 1.14 bits per heavy atom. The molecular weight excluding hydrogens is 272 g/mol. The summed E-state index contributed by atoms with van der Waals surface area (Å²) in [5.74, 6) is 0. The molecule has 0 saturated heterocycles. The van der Waals surface area contributed by atoms with Crippen LogP contribution in [0.15, 0.2) is 42.5 Å². The third-order valence-electron chi connectivity index (χ3n) is 3.91. The highest BCUT2D eigenvalue weighted by Crippen LogP contribution is 2.20. The second-order valence-electron chi connectivity index (χ2n) is 5.40. The first-order chi connectivity index (χ1) is 10.8. The number of hydrogen-bond donors (Lipinski definition) is 0. The van der Waals surface area contributed by atoms with Gasteiger partial charge < -0.3 is 0 Å². The Hall–Kier alpha value is -2.67. The molecule has 0 aliphatic rings. The van der Waals surface area contributed by atoms with Gasteiger partial charge in [0.05, 0.1) is 12.2 Å². The van der Waals surface area contributed by atoms with Gasteiger partial charge in [-0.05, 0) is 29.2 Å². The van der Waals surface area contributed by atoms with Crippen LogP contribution in [0.1, 0.15) is 36.7 Å². The number of rotatable bonds is 5. The lowest BCUT2D eigenvalue weighted by atomic mass is 10.0. The number of benzene rings is 2. The van der Waals surface area contributed by atoms with Gasteiger partial charge in [0, 0.05) is 0 Å². The van der Waals surface area contributed by atoms with Crippen LogP contribution in [0.3, 0.4) is 0 Å². The highest BCUT2D eigenvalue weighted by Gasteiger charge is 2.13. The highest BCUT2D eigenvalue weighted by atomic mass is 15.4. The van der Waals surface area contributed by atoms with E-state index < -0.39 is 0 Å². The summed E-state index contributed by atoms with van der Waals surface area (Å²) in [6, 6.07) is 16.8. The summed E-state index contributed by atoms with van der Waals surface area (Å²) in [7, 11) is 0. The third kappa shape index (κ3) is 2.71. The Labute approximate surface area is 130 Å². The van der Waals surface area contributed by atoms with E-state index in [2.05, 4.69) is 53.6 Å². The number of unbranched alkanes of at least 4 members (excludes halogenated alkanes) is 1. The molecule has 110 valence electrons. The lowest BCUT2D eigenvalue weighted by Gasteiger charge is -2.09. The van der Waals surface area contributed by atoms with Crippen LogP contribution < -0.4 is 0 Å². The molecule has 0 amide bonds. The molecule has 0 aliphatic carbocycles. The Morgan fingerprint density at radius 3 is 2.77 bits per heavy atom. The maximum atomic E-state index is 9.20. The molecule has 0 fully saturated rings. The minimum Gasteiger partial charge on any atom is -0.244 e. The molecule has 0 N–H and O–H groups in total. The fourth-order valence-corrected chi connectivity index (χ4v) is 2.73. The van der Waals surface area contributed by atoms with E-state index in [-0.39, 0.29) is 0 Å². The van der Waals surface area contributed by atoms with E-state index in [9.17, 15) is 5.26 Å². The third-order valence-corrected chi connectivity index (χ3v) is 3.91. The number of nitriles is 1. The summed E-state index contributed by atoms with van der Waals surface area (Å²) in [6.07, 6.45) is 2.97. The van der Waals surface area contributed by atoms with E-state index in [1.807, 2.05) is 16.8 Å². The van der Waals surface area contributed by atoms with Crippen LogP contribution in [0.25, 0.3) is 10.8 Å². The molecule has 3 rings (SSSR count). The van der Waals surface area contributed by atoms with Crippen LogP contribution in [-0.2, 0) is 13.0 Å². The van der Waals surface area contributed by atoms with Gasteiger partial charge in [0.25, 0.3) is 0 Å². The monoisotopic (exact) mass is 290 g/mol. The van der Waals surface area contributed by atoms with Gasteiger partial charge in [0.1, 0.15) is 6.07 Å².